The highest BCUT2D eigenvalue weighted by molar-refractivity contribution is 7.09. The van der Waals surface area contributed by atoms with Crippen LogP contribution in [0.15, 0.2) is 18.2 Å². The molecule has 0 radical (unpaired) electrons. The van der Waals surface area contributed by atoms with Crippen LogP contribution in [0.5, 0.6) is 5.75 Å². The first-order valence-electron chi connectivity index (χ1n) is 7.25. The summed E-state index contributed by atoms with van der Waals surface area (Å²) in [6.07, 6.45) is -0.608. The maximum Gasteiger partial charge on any atom is 0.266 e. The van der Waals surface area contributed by atoms with Gasteiger partial charge in [0.05, 0.1) is 0 Å². The monoisotopic (exact) mass is 319 g/mol. The zero-order chi connectivity index (χ0) is 16.3. The Bertz CT molecular complexity index is 667. The first-order chi connectivity index (χ1) is 10.4. The van der Waals surface area contributed by atoms with E-state index in [0.29, 0.717) is 16.9 Å². The maximum absolute atomic E-state index is 12.2. The van der Waals surface area contributed by atoms with Crippen molar-refractivity contribution in [1.29, 1.82) is 0 Å². The normalized spacial score (nSPS) is 12.3. The maximum atomic E-state index is 12.2. The molecule has 2 aromatic rings. The van der Waals surface area contributed by atoms with Crippen molar-refractivity contribution in [2.45, 2.75) is 46.6 Å². The molecule has 2 rings (SSSR count). The molecular formula is C16H21N3O2S. The number of nitrogens with zero attached hydrogens (tertiary/aromatic N) is 2. The van der Waals surface area contributed by atoms with Gasteiger partial charge in [0.1, 0.15) is 11.6 Å². The molecule has 1 aromatic heterocycles. The predicted molar refractivity (Wildman–Crippen MR) is 88.6 cm³/mol. The zero-order valence-corrected chi connectivity index (χ0v) is 14.3. The number of nitrogens with one attached hydrogen (secondary N) is 1. The van der Waals surface area contributed by atoms with Crippen LogP contribution in [0.25, 0.3) is 0 Å². The Morgan fingerprint density at radius 3 is 2.59 bits per heavy atom. The quantitative estimate of drug-likeness (QED) is 0.913. The highest BCUT2D eigenvalue weighted by atomic mass is 32.1. The van der Waals surface area contributed by atoms with E-state index in [9.17, 15) is 4.79 Å². The Morgan fingerprint density at radius 1 is 1.27 bits per heavy atom. The number of aryl methyl sites for hydroxylation is 2. The molecule has 0 bridgehead atoms. The second kappa shape index (κ2) is 6.87. The van der Waals surface area contributed by atoms with Gasteiger partial charge in [-0.15, -0.1) is 0 Å². The van der Waals surface area contributed by atoms with E-state index >= 15 is 0 Å². The minimum absolute atomic E-state index is 0.229. The lowest BCUT2D eigenvalue weighted by Crippen LogP contribution is -2.30. The number of carbonyl (C=O) groups is 1. The molecule has 0 saturated heterocycles. The van der Waals surface area contributed by atoms with Crippen molar-refractivity contribution in [3.8, 4) is 5.75 Å². The molecule has 1 atom stereocenters. The number of rotatable bonds is 5. The third-order valence-corrected chi connectivity index (χ3v) is 3.94. The molecule has 1 amide bonds. The van der Waals surface area contributed by atoms with Gasteiger partial charge in [0.2, 0.25) is 5.13 Å². The Labute approximate surface area is 134 Å². The zero-order valence-electron chi connectivity index (χ0n) is 13.5. The van der Waals surface area contributed by atoms with E-state index in [4.69, 9.17) is 4.74 Å². The summed E-state index contributed by atoms with van der Waals surface area (Å²) in [5.41, 5.74) is 2.20. The molecule has 0 saturated carbocycles. The largest absolute Gasteiger partial charge is 0.481 e. The van der Waals surface area contributed by atoms with Crippen molar-refractivity contribution >= 4 is 22.6 Å². The second-order valence-electron chi connectivity index (χ2n) is 5.59. The lowest BCUT2D eigenvalue weighted by molar-refractivity contribution is -0.122. The van der Waals surface area contributed by atoms with Crippen molar-refractivity contribution in [2.75, 3.05) is 5.32 Å². The molecule has 0 aliphatic heterocycles. The molecule has 6 heteroatoms. The van der Waals surface area contributed by atoms with Gasteiger partial charge in [-0.2, -0.15) is 4.37 Å². The number of amides is 1. The Kier molecular flexibility index (Phi) is 5.13. The molecule has 5 nitrogen and oxygen atoms in total. The van der Waals surface area contributed by atoms with E-state index < -0.39 is 6.10 Å². The van der Waals surface area contributed by atoms with E-state index in [2.05, 4.69) is 34.6 Å². The number of anilines is 1. The average molecular weight is 319 g/mol. The molecule has 0 spiro atoms. The highest BCUT2D eigenvalue weighted by Gasteiger charge is 2.19. The van der Waals surface area contributed by atoms with Crippen LogP contribution >= 0.6 is 11.5 Å². The molecule has 0 aliphatic carbocycles. The van der Waals surface area contributed by atoms with Gasteiger partial charge in [-0.05, 0) is 43.9 Å². The van der Waals surface area contributed by atoms with Crippen LogP contribution in [0.4, 0.5) is 5.13 Å². The van der Waals surface area contributed by atoms with E-state index in [1.165, 1.54) is 0 Å². The standard InChI is InChI=1S/C16H21N3O2S/c1-9(2)13-7-6-10(3)8-14(13)21-11(4)15(20)18-16-17-12(5)19-22-16/h6-9,11H,1-5H3,(H,17,18,19,20). The van der Waals surface area contributed by atoms with Gasteiger partial charge in [-0.25, -0.2) is 4.98 Å². The van der Waals surface area contributed by atoms with E-state index in [1.54, 1.807) is 13.8 Å². The van der Waals surface area contributed by atoms with E-state index in [-0.39, 0.29) is 5.91 Å². The summed E-state index contributed by atoms with van der Waals surface area (Å²) in [5.74, 6) is 1.50. The van der Waals surface area contributed by atoms with Gasteiger partial charge < -0.3 is 4.74 Å². The van der Waals surface area contributed by atoms with E-state index in [0.717, 1.165) is 28.4 Å². The minimum Gasteiger partial charge on any atom is -0.481 e. The number of hydrogen-bond acceptors (Lipinski definition) is 5. The van der Waals surface area contributed by atoms with Crippen LogP contribution in [0.2, 0.25) is 0 Å². The van der Waals surface area contributed by atoms with Crippen molar-refractivity contribution < 1.29 is 9.53 Å². The Morgan fingerprint density at radius 2 is 2.00 bits per heavy atom. The average Bonchev–Trinajstić information content (AvgIpc) is 2.83. The SMILES string of the molecule is Cc1ccc(C(C)C)c(OC(C)C(=O)Nc2nc(C)ns2)c1. The lowest BCUT2D eigenvalue weighted by Gasteiger charge is -2.18. The van der Waals surface area contributed by atoms with Gasteiger partial charge in [0.15, 0.2) is 6.10 Å². The van der Waals surface area contributed by atoms with Crippen LogP contribution in [0, 0.1) is 13.8 Å². The summed E-state index contributed by atoms with van der Waals surface area (Å²) in [5, 5.41) is 3.22. The number of carbonyl (C=O) groups excluding carboxylic acids is 1. The van der Waals surface area contributed by atoms with Gasteiger partial charge in [-0.3, -0.25) is 10.1 Å². The lowest BCUT2D eigenvalue weighted by atomic mass is 10.0. The molecule has 1 heterocycles. The first-order valence-corrected chi connectivity index (χ1v) is 8.02. The fraction of sp³-hybridized carbons (Fsp3) is 0.438. The van der Waals surface area contributed by atoms with Gasteiger partial charge >= 0.3 is 0 Å². The number of benzene rings is 1. The van der Waals surface area contributed by atoms with Crippen molar-refractivity contribution in [2.24, 2.45) is 0 Å². The van der Waals surface area contributed by atoms with Crippen LogP contribution in [-0.2, 0) is 4.79 Å². The molecule has 1 N–H and O–H groups in total. The smallest absolute Gasteiger partial charge is 0.266 e. The fourth-order valence-corrected chi connectivity index (χ4v) is 2.60. The molecule has 0 aliphatic rings. The number of aromatic nitrogens is 2. The fourth-order valence-electron chi connectivity index (χ4n) is 2.02. The summed E-state index contributed by atoms with van der Waals surface area (Å²) in [7, 11) is 0. The van der Waals surface area contributed by atoms with Crippen LogP contribution in [-0.4, -0.2) is 21.4 Å². The van der Waals surface area contributed by atoms with Crippen LogP contribution in [0.1, 0.15) is 43.6 Å². The van der Waals surface area contributed by atoms with Gasteiger partial charge in [0, 0.05) is 11.5 Å². The van der Waals surface area contributed by atoms with E-state index in [1.807, 2.05) is 19.1 Å². The van der Waals surface area contributed by atoms with Crippen LogP contribution in [0.3, 0.4) is 0 Å². The minimum atomic E-state index is -0.608. The van der Waals surface area contributed by atoms with Crippen molar-refractivity contribution in [3.05, 3.63) is 35.2 Å². The second-order valence-corrected chi connectivity index (χ2v) is 6.34. The Balaban J connectivity index is 2.09. The third kappa shape index (κ3) is 4.04. The molecule has 1 unspecified atom stereocenters. The first kappa shape index (κ1) is 16.4. The summed E-state index contributed by atoms with van der Waals surface area (Å²) in [4.78, 5) is 16.3. The summed E-state index contributed by atoms with van der Waals surface area (Å²) in [6, 6.07) is 6.07. The predicted octanol–water partition coefficient (Wildman–Crippen LogP) is 3.68. The Hall–Kier alpha value is -1.95. The highest BCUT2D eigenvalue weighted by Crippen LogP contribution is 2.28. The summed E-state index contributed by atoms with van der Waals surface area (Å²) < 4.78 is 9.91. The molecule has 22 heavy (non-hydrogen) atoms. The third-order valence-electron chi connectivity index (χ3n) is 3.22. The summed E-state index contributed by atoms with van der Waals surface area (Å²) >= 11 is 1.16. The number of ether oxygens (including phenoxy) is 1. The van der Waals surface area contributed by atoms with Gasteiger partial charge in [0.25, 0.3) is 5.91 Å². The molecular weight excluding hydrogens is 298 g/mol. The topological polar surface area (TPSA) is 64.1 Å². The molecule has 0 fully saturated rings. The summed E-state index contributed by atoms with van der Waals surface area (Å²) in [6.45, 7) is 9.73. The van der Waals surface area contributed by atoms with Gasteiger partial charge in [-0.1, -0.05) is 26.0 Å². The van der Waals surface area contributed by atoms with Crippen LogP contribution < -0.4 is 10.1 Å². The van der Waals surface area contributed by atoms with Crippen molar-refractivity contribution in [1.82, 2.24) is 9.36 Å². The number of hydrogen-bond donors (Lipinski definition) is 1. The molecule has 118 valence electrons. The molecule has 1 aromatic carbocycles. The van der Waals surface area contributed by atoms with Crippen molar-refractivity contribution in [3.63, 3.8) is 0 Å².